The van der Waals surface area contributed by atoms with Crippen molar-refractivity contribution in [2.45, 2.75) is 40.3 Å². The van der Waals surface area contributed by atoms with Gasteiger partial charge in [-0.1, -0.05) is 25.4 Å². The average Bonchev–Trinajstić information content (AvgIpc) is 2.38. The molecule has 0 aromatic carbocycles. The lowest BCUT2D eigenvalue weighted by atomic mass is 10.1. The molecule has 1 N–H and O–H groups in total. The first kappa shape index (κ1) is 12.5. The van der Waals surface area contributed by atoms with E-state index in [-0.39, 0.29) is 0 Å². The van der Waals surface area contributed by atoms with Crippen LogP contribution in [0.3, 0.4) is 0 Å². The minimum atomic E-state index is 0.483. The second-order valence-corrected chi connectivity index (χ2v) is 4.76. The van der Waals surface area contributed by atoms with Crippen molar-refractivity contribution in [2.75, 3.05) is 0 Å². The topological polar surface area (TPSA) is 29.9 Å². The van der Waals surface area contributed by atoms with Gasteiger partial charge in [0.1, 0.15) is 0 Å². The smallest absolute Gasteiger partial charge is 0.0860 e. The Morgan fingerprint density at radius 1 is 1.40 bits per heavy atom. The van der Waals surface area contributed by atoms with Gasteiger partial charge in [0, 0.05) is 19.6 Å². The van der Waals surface area contributed by atoms with Crippen LogP contribution in [0.4, 0.5) is 0 Å². The minimum absolute atomic E-state index is 0.483. The monoisotopic (exact) mass is 229 g/mol. The summed E-state index contributed by atoms with van der Waals surface area (Å²) >= 11 is 6.15. The fourth-order valence-electron chi connectivity index (χ4n) is 1.37. The molecule has 0 fully saturated rings. The molecule has 0 bridgehead atoms. The Morgan fingerprint density at radius 3 is 2.40 bits per heavy atom. The van der Waals surface area contributed by atoms with Gasteiger partial charge in [-0.05, 0) is 19.8 Å². The molecular formula is C11H20ClN3. The van der Waals surface area contributed by atoms with Crippen molar-refractivity contribution in [3.8, 4) is 0 Å². The highest BCUT2D eigenvalue weighted by molar-refractivity contribution is 6.31. The zero-order valence-electron chi connectivity index (χ0n) is 10.1. The number of aryl methyl sites for hydroxylation is 2. The van der Waals surface area contributed by atoms with Gasteiger partial charge in [-0.25, -0.2) is 0 Å². The Hall–Kier alpha value is -0.540. The molecule has 1 unspecified atom stereocenters. The maximum atomic E-state index is 6.15. The fourth-order valence-corrected chi connectivity index (χ4v) is 1.59. The third-order valence-electron chi connectivity index (χ3n) is 2.85. The predicted octanol–water partition coefficient (Wildman–Crippen LogP) is 2.52. The van der Waals surface area contributed by atoms with Crippen molar-refractivity contribution >= 4 is 11.6 Å². The van der Waals surface area contributed by atoms with E-state index in [2.05, 4.69) is 31.2 Å². The van der Waals surface area contributed by atoms with Crippen LogP contribution in [0.5, 0.6) is 0 Å². The largest absolute Gasteiger partial charge is 0.308 e. The van der Waals surface area contributed by atoms with Crippen LogP contribution in [0.15, 0.2) is 0 Å². The standard InChI is InChI=1S/C11H20ClN3/c1-7(2)8(3)13-6-10-11(12)9(4)14-15(10)5/h7-8,13H,6H2,1-5H3. The second-order valence-electron chi connectivity index (χ2n) is 4.38. The highest BCUT2D eigenvalue weighted by Gasteiger charge is 2.12. The molecule has 1 aromatic rings. The summed E-state index contributed by atoms with van der Waals surface area (Å²) in [5.41, 5.74) is 1.95. The highest BCUT2D eigenvalue weighted by atomic mass is 35.5. The van der Waals surface area contributed by atoms with E-state index < -0.39 is 0 Å². The summed E-state index contributed by atoms with van der Waals surface area (Å²) in [5.74, 6) is 0.623. The van der Waals surface area contributed by atoms with E-state index in [1.807, 2.05) is 18.7 Å². The lowest BCUT2D eigenvalue weighted by molar-refractivity contribution is 0.419. The summed E-state index contributed by atoms with van der Waals surface area (Å²) in [6, 6.07) is 0.483. The van der Waals surface area contributed by atoms with Crippen molar-refractivity contribution in [2.24, 2.45) is 13.0 Å². The van der Waals surface area contributed by atoms with Crippen LogP contribution in [-0.4, -0.2) is 15.8 Å². The van der Waals surface area contributed by atoms with Gasteiger partial charge in [0.05, 0.1) is 16.4 Å². The van der Waals surface area contributed by atoms with Crippen molar-refractivity contribution < 1.29 is 0 Å². The third kappa shape index (κ3) is 2.95. The minimum Gasteiger partial charge on any atom is -0.308 e. The number of hydrogen-bond acceptors (Lipinski definition) is 2. The molecular weight excluding hydrogens is 210 g/mol. The Bertz CT molecular complexity index is 331. The van der Waals surface area contributed by atoms with Crippen LogP contribution >= 0.6 is 11.6 Å². The summed E-state index contributed by atoms with van der Waals surface area (Å²) < 4.78 is 1.84. The summed E-state index contributed by atoms with van der Waals surface area (Å²) in [7, 11) is 1.93. The quantitative estimate of drug-likeness (QED) is 0.860. The molecule has 0 aliphatic rings. The number of rotatable bonds is 4. The number of aromatic nitrogens is 2. The summed E-state index contributed by atoms with van der Waals surface area (Å²) in [6.45, 7) is 9.29. The molecule has 0 saturated heterocycles. The Labute approximate surface area is 96.8 Å². The highest BCUT2D eigenvalue weighted by Crippen LogP contribution is 2.19. The number of halogens is 1. The van der Waals surface area contributed by atoms with E-state index in [0.717, 1.165) is 23.0 Å². The Morgan fingerprint density at radius 2 is 2.00 bits per heavy atom. The molecule has 4 heteroatoms. The van der Waals surface area contributed by atoms with E-state index in [0.29, 0.717) is 12.0 Å². The first-order chi connectivity index (χ1) is 6.93. The summed E-state index contributed by atoms with van der Waals surface area (Å²) in [4.78, 5) is 0. The van der Waals surface area contributed by atoms with Crippen molar-refractivity contribution in [3.05, 3.63) is 16.4 Å². The number of nitrogens with one attached hydrogen (secondary N) is 1. The first-order valence-corrected chi connectivity index (χ1v) is 5.72. The lowest BCUT2D eigenvalue weighted by Gasteiger charge is -2.17. The third-order valence-corrected chi connectivity index (χ3v) is 3.34. The molecule has 15 heavy (non-hydrogen) atoms. The molecule has 86 valence electrons. The molecule has 0 aliphatic heterocycles. The lowest BCUT2D eigenvalue weighted by Crippen LogP contribution is -2.30. The molecule has 1 atom stereocenters. The average molecular weight is 230 g/mol. The zero-order chi connectivity index (χ0) is 11.6. The summed E-state index contributed by atoms with van der Waals surface area (Å²) in [6.07, 6.45) is 0. The SMILES string of the molecule is Cc1nn(C)c(CNC(C)C(C)C)c1Cl. The number of nitrogens with zero attached hydrogens (tertiary/aromatic N) is 2. The van der Waals surface area contributed by atoms with Crippen LogP contribution in [0.1, 0.15) is 32.2 Å². The molecule has 0 amide bonds. The van der Waals surface area contributed by atoms with Crippen molar-refractivity contribution in [3.63, 3.8) is 0 Å². The number of hydrogen-bond donors (Lipinski definition) is 1. The van der Waals surface area contributed by atoms with E-state index in [4.69, 9.17) is 11.6 Å². The van der Waals surface area contributed by atoms with E-state index >= 15 is 0 Å². The summed E-state index contributed by atoms with van der Waals surface area (Å²) in [5, 5.41) is 8.50. The molecule has 0 saturated carbocycles. The predicted molar refractivity (Wildman–Crippen MR) is 64.1 cm³/mol. The maximum Gasteiger partial charge on any atom is 0.0860 e. The van der Waals surface area contributed by atoms with Gasteiger partial charge in [0.15, 0.2) is 0 Å². The van der Waals surface area contributed by atoms with Gasteiger partial charge >= 0.3 is 0 Å². The molecule has 0 radical (unpaired) electrons. The van der Waals surface area contributed by atoms with Crippen LogP contribution in [0, 0.1) is 12.8 Å². The van der Waals surface area contributed by atoms with Gasteiger partial charge in [0.25, 0.3) is 0 Å². The van der Waals surface area contributed by atoms with Gasteiger partial charge < -0.3 is 5.32 Å². The molecule has 3 nitrogen and oxygen atoms in total. The zero-order valence-corrected chi connectivity index (χ0v) is 10.9. The van der Waals surface area contributed by atoms with E-state index in [1.54, 1.807) is 0 Å². The molecule has 0 spiro atoms. The van der Waals surface area contributed by atoms with Crippen molar-refractivity contribution in [1.29, 1.82) is 0 Å². The molecule has 1 heterocycles. The maximum absolute atomic E-state index is 6.15. The molecule has 1 aromatic heterocycles. The Kier molecular flexibility index (Phi) is 4.17. The van der Waals surface area contributed by atoms with Gasteiger partial charge in [0.2, 0.25) is 0 Å². The molecule has 0 aliphatic carbocycles. The van der Waals surface area contributed by atoms with E-state index in [1.165, 1.54) is 0 Å². The Balaban J connectivity index is 2.65. The van der Waals surface area contributed by atoms with Gasteiger partial charge in [-0.3, -0.25) is 4.68 Å². The van der Waals surface area contributed by atoms with Crippen LogP contribution in [-0.2, 0) is 13.6 Å². The van der Waals surface area contributed by atoms with Gasteiger partial charge in [-0.2, -0.15) is 5.10 Å². The van der Waals surface area contributed by atoms with Crippen LogP contribution in [0.2, 0.25) is 5.02 Å². The van der Waals surface area contributed by atoms with Gasteiger partial charge in [-0.15, -0.1) is 0 Å². The van der Waals surface area contributed by atoms with E-state index in [9.17, 15) is 0 Å². The normalized spacial score (nSPS) is 13.5. The van der Waals surface area contributed by atoms with Crippen LogP contribution in [0.25, 0.3) is 0 Å². The van der Waals surface area contributed by atoms with Crippen molar-refractivity contribution in [1.82, 2.24) is 15.1 Å². The molecule has 1 rings (SSSR count). The van der Waals surface area contributed by atoms with Crippen LogP contribution < -0.4 is 5.32 Å². The first-order valence-electron chi connectivity index (χ1n) is 5.34. The second kappa shape index (κ2) is 4.99. The fraction of sp³-hybridized carbons (Fsp3) is 0.727.